The molecule has 5 rings (SSSR count). The fraction of sp³-hybridized carbons (Fsp3) is 0.355. The van der Waals surface area contributed by atoms with Crippen LogP contribution in [0.1, 0.15) is 34.8 Å². The maximum Gasteiger partial charge on any atom is 0.264 e. The maximum absolute atomic E-state index is 15.7. The van der Waals surface area contributed by atoms with Gasteiger partial charge >= 0.3 is 0 Å². The Hall–Kier alpha value is -3.53. The van der Waals surface area contributed by atoms with E-state index in [1.165, 1.54) is 0 Å². The summed E-state index contributed by atoms with van der Waals surface area (Å²) >= 11 is 0. The number of nitrogens with zero attached hydrogens (tertiary/aromatic N) is 1. The summed E-state index contributed by atoms with van der Waals surface area (Å²) in [5.41, 5.74) is 1.60. The van der Waals surface area contributed by atoms with Crippen molar-refractivity contribution in [3.8, 4) is 5.75 Å². The van der Waals surface area contributed by atoms with Crippen molar-refractivity contribution in [1.29, 1.82) is 0 Å². The van der Waals surface area contributed by atoms with Crippen molar-refractivity contribution in [3.63, 3.8) is 0 Å². The molecule has 4 atom stereocenters. The van der Waals surface area contributed by atoms with Crippen LogP contribution in [0, 0.1) is 5.92 Å². The highest BCUT2D eigenvalue weighted by Crippen LogP contribution is 2.60. The quantitative estimate of drug-likeness (QED) is 0.274. The fourth-order valence-corrected chi connectivity index (χ4v) is 8.92. The molecule has 2 heterocycles. The zero-order valence-electron chi connectivity index (χ0n) is 23.2. The number of anilines is 2. The Bertz CT molecular complexity index is 1400. The molecule has 40 heavy (non-hydrogen) atoms. The second-order valence-corrected chi connectivity index (χ2v) is 14.9. The Labute approximate surface area is 235 Å². The first-order valence-corrected chi connectivity index (χ1v) is 16.5. The largest absolute Gasteiger partial charge is 0.497 e. The highest BCUT2D eigenvalue weighted by molar-refractivity contribution is 6.72. The molecule has 1 spiro atoms. The van der Waals surface area contributed by atoms with Crippen molar-refractivity contribution in [1.82, 2.24) is 0 Å². The molecule has 210 valence electrons. The van der Waals surface area contributed by atoms with Crippen molar-refractivity contribution in [2.45, 2.75) is 50.2 Å². The minimum Gasteiger partial charge on any atom is -0.497 e. The van der Waals surface area contributed by atoms with Gasteiger partial charge in [0.1, 0.15) is 5.75 Å². The summed E-state index contributed by atoms with van der Waals surface area (Å²) in [4.78, 5) is 28.5. The molecular formula is C31H35FN2O5Si. The van der Waals surface area contributed by atoms with Gasteiger partial charge in [0.25, 0.3) is 11.8 Å². The molecule has 0 saturated carbocycles. The monoisotopic (exact) mass is 562 g/mol. The van der Waals surface area contributed by atoms with Crippen molar-refractivity contribution in [3.05, 3.63) is 89.5 Å². The van der Waals surface area contributed by atoms with E-state index in [0.29, 0.717) is 28.3 Å². The molecule has 7 nitrogen and oxygen atoms in total. The Morgan fingerprint density at radius 3 is 2.45 bits per heavy atom. The molecule has 0 radical (unpaired) electrons. The SMILES string of the molecule is COc1ccc2c(c1)[C@]1(O[C@@H](CCO)[C@H]([Si](C)(C)F)[C@H]1C)C(=O)N2Cc1ccc(NC(=O)c2ccccc2)cc1. The predicted molar refractivity (Wildman–Crippen MR) is 155 cm³/mol. The number of hydrogen-bond donors (Lipinski definition) is 2. The van der Waals surface area contributed by atoms with E-state index in [-0.39, 0.29) is 31.4 Å². The summed E-state index contributed by atoms with van der Waals surface area (Å²) in [6.45, 7) is 5.30. The van der Waals surface area contributed by atoms with Crippen LogP contribution in [-0.2, 0) is 21.7 Å². The number of amides is 2. The third-order valence-corrected chi connectivity index (χ3v) is 10.6. The summed E-state index contributed by atoms with van der Waals surface area (Å²) in [6.07, 6.45) is -0.304. The van der Waals surface area contributed by atoms with Crippen LogP contribution in [-0.4, -0.2) is 45.1 Å². The minimum atomic E-state index is -3.27. The normalized spacial score (nSPS) is 23.9. The van der Waals surface area contributed by atoms with Gasteiger partial charge in [-0.3, -0.25) is 9.59 Å². The molecule has 2 aliphatic heterocycles. The number of carbonyl (C=O) groups excluding carboxylic acids is 2. The van der Waals surface area contributed by atoms with E-state index in [9.17, 15) is 14.7 Å². The molecule has 0 aromatic heterocycles. The first kappa shape index (κ1) is 28.0. The van der Waals surface area contributed by atoms with Gasteiger partial charge in [-0.1, -0.05) is 37.3 Å². The molecule has 0 bridgehead atoms. The summed E-state index contributed by atoms with van der Waals surface area (Å²) in [7, 11) is -1.70. The van der Waals surface area contributed by atoms with Crippen LogP contribution in [0.2, 0.25) is 18.6 Å². The summed E-state index contributed by atoms with van der Waals surface area (Å²) < 4.78 is 27.7. The lowest BCUT2D eigenvalue weighted by Crippen LogP contribution is -2.45. The highest BCUT2D eigenvalue weighted by Gasteiger charge is 2.66. The van der Waals surface area contributed by atoms with E-state index in [1.54, 1.807) is 55.4 Å². The van der Waals surface area contributed by atoms with Gasteiger partial charge in [0.05, 0.1) is 25.4 Å². The zero-order valence-corrected chi connectivity index (χ0v) is 24.2. The Balaban J connectivity index is 1.45. The van der Waals surface area contributed by atoms with E-state index in [1.807, 2.05) is 49.4 Å². The molecule has 2 aliphatic rings. The lowest BCUT2D eigenvalue weighted by molar-refractivity contribution is -0.146. The number of methoxy groups -OCH3 is 1. The standard InChI is InChI=1S/C31H35FN2O5Si/c1-20-28(40(3,4)32)27(16-17-35)39-31(20)25-18-24(38-2)14-15-26(25)34(30(31)37)19-21-10-12-23(13-11-21)33-29(36)22-8-6-5-7-9-22/h5-15,18,20,27-28,35H,16-17,19H2,1-4H3,(H,33,36)/t20-,27+,28-,31+/m1/s1. The molecule has 3 aromatic rings. The van der Waals surface area contributed by atoms with Gasteiger partial charge in [-0.05, 0) is 67.5 Å². The molecule has 9 heteroatoms. The first-order chi connectivity index (χ1) is 19.1. The number of fused-ring (bicyclic) bond motifs is 2. The number of aliphatic hydroxyl groups is 1. The Morgan fingerprint density at radius 2 is 1.82 bits per heavy atom. The van der Waals surface area contributed by atoms with Crippen LogP contribution in [0.25, 0.3) is 0 Å². The molecule has 0 aliphatic carbocycles. The van der Waals surface area contributed by atoms with Gasteiger partial charge in [0, 0.05) is 34.9 Å². The number of carbonyl (C=O) groups is 2. The maximum atomic E-state index is 15.7. The second kappa shape index (κ2) is 10.8. The lowest BCUT2D eigenvalue weighted by atomic mass is 9.82. The molecular weight excluding hydrogens is 527 g/mol. The lowest BCUT2D eigenvalue weighted by Gasteiger charge is -2.31. The summed E-state index contributed by atoms with van der Waals surface area (Å²) in [5.74, 6) is -0.296. The summed E-state index contributed by atoms with van der Waals surface area (Å²) in [6, 6.07) is 21.8. The van der Waals surface area contributed by atoms with Gasteiger partial charge in [-0.15, -0.1) is 0 Å². The highest BCUT2D eigenvalue weighted by atomic mass is 28.4. The molecule has 1 saturated heterocycles. The smallest absolute Gasteiger partial charge is 0.264 e. The van der Waals surface area contributed by atoms with E-state index >= 15 is 4.11 Å². The number of rotatable bonds is 8. The second-order valence-electron chi connectivity index (χ2n) is 11.1. The van der Waals surface area contributed by atoms with E-state index in [0.717, 1.165) is 5.56 Å². The molecule has 2 N–H and O–H groups in total. The molecule has 2 amide bonds. The van der Waals surface area contributed by atoms with E-state index < -0.39 is 31.6 Å². The van der Waals surface area contributed by atoms with Crippen molar-refractivity contribution < 1.29 is 28.3 Å². The van der Waals surface area contributed by atoms with Crippen molar-refractivity contribution in [2.75, 3.05) is 23.9 Å². The van der Waals surface area contributed by atoms with Gasteiger partial charge in [0.2, 0.25) is 8.41 Å². The van der Waals surface area contributed by atoms with Crippen molar-refractivity contribution >= 4 is 31.6 Å². The van der Waals surface area contributed by atoms with Crippen LogP contribution in [0.4, 0.5) is 15.5 Å². The molecule has 3 aromatic carbocycles. The number of ether oxygens (including phenoxy) is 2. The number of benzene rings is 3. The number of aliphatic hydroxyl groups excluding tert-OH is 1. The van der Waals surface area contributed by atoms with Crippen molar-refractivity contribution in [2.24, 2.45) is 5.92 Å². The van der Waals surface area contributed by atoms with Gasteiger partial charge in [0.15, 0.2) is 5.60 Å². The van der Waals surface area contributed by atoms with Gasteiger partial charge in [-0.2, -0.15) is 0 Å². The van der Waals surface area contributed by atoms with Crippen LogP contribution >= 0.6 is 0 Å². The number of hydrogen-bond acceptors (Lipinski definition) is 5. The van der Waals surface area contributed by atoms with Crippen LogP contribution in [0.3, 0.4) is 0 Å². The molecule has 0 unspecified atom stereocenters. The van der Waals surface area contributed by atoms with E-state index in [4.69, 9.17) is 9.47 Å². The average Bonchev–Trinajstić information content (AvgIpc) is 3.36. The van der Waals surface area contributed by atoms with Crippen LogP contribution < -0.4 is 15.0 Å². The fourth-order valence-electron chi connectivity index (χ4n) is 6.38. The first-order valence-electron chi connectivity index (χ1n) is 13.5. The summed E-state index contributed by atoms with van der Waals surface area (Å²) in [5, 5.41) is 12.6. The molecule has 1 fully saturated rings. The topological polar surface area (TPSA) is 88.1 Å². The van der Waals surface area contributed by atoms with E-state index in [2.05, 4.69) is 5.32 Å². The predicted octanol–water partition coefficient (Wildman–Crippen LogP) is 5.65. The van der Waals surface area contributed by atoms with Gasteiger partial charge in [-0.25, -0.2) is 0 Å². The average molecular weight is 563 g/mol. The van der Waals surface area contributed by atoms with Gasteiger partial charge < -0.3 is 28.9 Å². The third kappa shape index (κ3) is 4.82. The number of nitrogens with one attached hydrogen (secondary N) is 1. The Kier molecular flexibility index (Phi) is 7.56. The zero-order chi connectivity index (χ0) is 28.7. The third-order valence-electron chi connectivity index (χ3n) is 8.17. The number of halogens is 1. The minimum absolute atomic E-state index is 0.148. The van der Waals surface area contributed by atoms with Crippen LogP contribution in [0.5, 0.6) is 5.75 Å². The van der Waals surface area contributed by atoms with Crippen LogP contribution in [0.15, 0.2) is 72.8 Å². The Morgan fingerprint density at radius 1 is 1.12 bits per heavy atom.